The SMILES string of the molecule is Cc1sc(C(=O)NC(C)C2CC2)cc1N. The van der Waals surface area contributed by atoms with E-state index < -0.39 is 0 Å². The van der Waals surface area contributed by atoms with E-state index in [9.17, 15) is 4.79 Å². The van der Waals surface area contributed by atoms with E-state index in [-0.39, 0.29) is 5.91 Å². The second-order valence-corrected chi connectivity index (χ2v) is 5.48. The molecule has 4 heteroatoms. The molecule has 1 amide bonds. The summed E-state index contributed by atoms with van der Waals surface area (Å²) in [4.78, 5) is 13.5. The highest BCUT2D eigenvalue weighted by molar-refractivity contribution is 7.14. The van der Waals surface area contributed by atoms with E-state index in [1.54, 1.807) is 6.07 Å². The van der Waals surface area contributed by atoms with E-state index in [1.807, 2.05) is 6.92 Å². The number of aryl methyl sites for hydroxylation is 1. The molecule has 1 aromatic heterocycles. The number of anilines is 1. The molecule has 3 N–H and O–H groups in total. The number of hydrogen-bond donors (Lipinski definition) is 2. The second kappa shape index (κ2) is 3.85. The third-order valence-corrected chi connectivity index (χ3v) is 3.93. The number of rotatable bonds is 3. The minimum absolute atomic E-state index is 0.0131. The molecule has 0 bridgehead atoms. The van der Waals surface area contributed by atoms with E-state index in [0.717, 1.165) is 9.75 Å². The molecule has 0 saturated heterocycles. The Labute approximate surface area is 93.7 Å². The largest absolute Gasteiger partial charge is 0.398 e. The fourth-order valence-corrected chi connectivity index (χ4v) is 2.44. The van der Waals surface area contributed by atoms with E-state index in [0.29, 0.717) is 17.6 Å². The van der Waals surface area contributed by atoms with Crippen molar-refractivity contribution in [3.05, 3.63) is 15.8 Å². The van der Waals surface area contributed by atoms with Gasteiger partial charge in [0.25, 0.3) is 5.91 Å². The molecule has 0 aliphatic heterocycles. The Balaban J connectivity index is 2.00. The molecule has 1 fully saturated rings. The van der Waals surface area contributed by atoms with Crippen molar-refractivity contribution >= 4 is 22.9 Å². The van der Waals surface area contributed by atoms with Crippen LogP contribution in [0.15, 0.2) is 6.07 Å². The number of nitrogens with one attached hydrogen (secondary N) is 1. The topological polar surface area (TPSA) is 55.1 Å². The smallest absolute Gasteiger partial charge is 0.261 e. The highest BCUT2D eigenvalue weighted by Crippen LogP contribution is 2.32. The molecular formula is C11H16N2OS. The van der Waals surface area contributed by atoms with Crippen molar-refractivity contribution in [3.8, 4) is 0 Å². The second-order valence-electron chi connectivity index (χ2n) is 4.22. The lowest BCUT2D eigenvalue weighted by molar-refractivity contribution is 0.0940. The molecule has 1 heterocycles. The maximum Gasteiger partial charge on any atom is 0.261 e. The summed E-state index contributed by atoms with van der Waals surface area (Å²) in [6, 6.07) is 2.05. The van der Waals surface area contributed by atoms with Gasteiger partial charge in [0, 0.05) is 16.6 Å². The first-order chi connectivity index (χ1) is 7.08. The molecule has 15 heavy (non-hydrogen) atoms. The van der Waals surface area contributed by atoms with Crippen LogP contribution in [-0.2, 0) is 0 Å². The van der Waals surface area contributed by atoms with E-state index in [2.05, 4.69) is 12.2 Å². The number of nitrogen functional groups attached to an aromatic ring is 1. The number of thiophene rings is 1. The molecule has 1 aromatic rings. The van der Waals surface area contributed by atoms with Gasteiger partial charge in [-0.25, -0.2) is 0 Å². The van der Waals surface area contributed by atoms with Gasteiger partial charge in [0.15, 0.2) is 0 Å². The fraction of sp³-hybridized carbons (Fsp3) is 0.545. The predicted molar refractivity (Wildman–Crippen MR) is 63.1 cm³/mol. The molecule has 0 radical (unpaired) electrons. The third-order valence-electron chi connectivity index (χ3n) is 2.87. The lowest BCUT2D eigenvalue weighted by atomic mass is 10.2. The van der Waals surface area contributed by atoms with Gasteiger partial charge < -0.3 is 11.1 Å². The Morgan fingerprint density at radius 2 is 2.33 bits per heavy atom. The van der Waals surface area contributed by atoms with Crippen molar-refractivity contribution in [2.24, 2.45) is 5.92 Å². The Morgan fingerprint density at radius 3 is 2.80 bits per heavy atom. The summed E-state index contributed by atoms with van der Waals surface area (Å²) >= 11 is 1.46. The first kappa shape index (κ1) is 10.5. The predicted octanol–water partition coefficient (Wildman–Crippen LogP) is 2.17. The van der Waals surface area contributed by atoms with Crippen LogP contribution in [0.3, 0.4) is 0 Å². The van der Waals surface area contributed by atoms with Crippen LogP contribution in [0.25, 0.3) is 0 Å². The number of amides is 1. The standard InChI is InChI=1S/C11H16N2OS/c1-6(8-3-4-8)13-11(14)10-5-9(12)7(2)15-10/h5-6,8H,3-4,12H2,1-2H3,(H,13,14). The molecule has 0 aromatic carbocycles. The molecule has 1 aliphatic carbocycles. The van der Waals surface area contributed by atoms with Crippen molar-refractivity contribution in [2.45, 2.75) is 32.7 Å². The lowest BCUT2D eigenvalue weighted by Crippen LogP contribution is -2.33. The van der Waals surface area contributed by atoms with Crippen LogP contribution in [0.1, 0.15) is 34.3 Å². The van der Waals surface area contributed by atoms with Crippen LogP contribution < -0.4 is 11.1 Å². The van der Waals surface area contributed by atoms with Gasteiger partial charge in [0.1, 0.15) is 0 Å². The highest BCUT2D eigenvalue weighted by Gasteiger charge is 2.29. The van der Waals surface area contributed by atoms with Gasteiger partial charge in [0.2, 0.25) is 0 Å². The van der Waals surface area contributed by atoms with Crippen LogP contribution in [0, 0.1) is 12.8 Å². The Kier molecular flexibility index (Phi) is 2.69. The summed E-state index contributed by atoms with van der Waals surface area (Å²) in [5.74, 6) is 0.701. The van der Waals surface area contributed by atoms with E-state index in [1.165, 1.54) is 24.2 Å². The molecule has 1 unspecified atom stereocenters. The number of carbonyl (C=O) groups excluding carboxylic acids is 1. The molecule has 0 spiro atoms. The van der Waals surface area contributed by atoms with Gasteiger partial charge in [0.05, 0.1) is 4.88 Å². The fourth-order valence-electron chi connectivity index (χ4n) is 1.60. The van der Waals surface area contributed by atoms with E-state index >= 15 is 0 Å². The van der Waals surface area contributed by atoms with Gasteiger partial charge in [-0.15, -0.1) is 11.3 Å². The number of hydrogen-bond acceptors (Lipinski definition) is 3. The summed E-state index contributed by atoms with van der Waals surface area (Å²) < 4.78 is 0. The zero-order valence-corrected chi connectivity index (χ0v) is 9.86. The molecular weight excluding hydrogens is 208 g/mol. The number of carbonyl (C=O) groups is 1. The third kappa shape index (κ3) is 2.31. The average Bonchev–Trinajstić information content (AvgIpc) is 2.95. The van der Waals surface area contributed by atoms with Gasteiger partial charge in [-0.05, 0) is 38.7 Å². The first-order valence-electron chi connectivity index (χ1n) is 5.24. The Bertz CT molecular complexity index is 362. The number of nitrogens with two attached hydrogens (primary N) is 1. The minimum Gasteiger partial charge on any atom is -0.398 e. The van der Waals surface area contributed by atoms with Crippen molar-refractivity contribution in [2.75, 3.05) is 5.73 Å². The molecule has 2 rings (SSSR count). The normalized spacial score (nSPS) is 17.5. The molecule has 1 saturated carbocycles. The van der Waals surface area contributed by atoms with Crippen molar-refractivity contribution in [1.29, 1.82) is 0 Å². The molecule has 3 nitrogen and oxygen atoms in total. The molecule has 82 valence electrons. The monoisotopic (exact) mass is 224 g/mol. The van der Waals surface area contributed by atoms with Gasteiger partial charge in [-0.3, -0.25) is 4.79 Å². The van der Waals surface area contributed by atoms with Crippen LogP contribution in [0.4, 0.5) is 5.69 Å². The van der Waals surface area contributed by atoms with E-state index in [4.69, 9.17) is 5.73 Å². The maximum absolute atomic E-state index is 11.8. The maximum atomic E-state index is 11.8. The summed E-state index contributed by atoms with van der Waals surface area (Å²) in [7, 11) is 0. The summed E-state index contributed by atoms with van der Waals surface area (Å²) in [5, 5.41) is 3.01. The highest BCUT2D eigenvalue weighted by atomic mass is 32.1. The van der Waals surface area contributed by atoms with Crippen LogP contribution >= 0.6 is 11.3 Å². The molecule has 1 atom stereocenters. The Hall–Kier alpha value is -1.03. The van der Waals surface area contributed by atoms with Gasteiger partial charge in [-0.2, -0.15) is 0 Å². The summed E-state index contributed by atoms with van der Waals surface area (Å²) in [5.41, 5.74) is 6.42. The summed E-state index contributed by atoms with van der Waals surface area (Å²) in [6.45, 7) is 4.00. The zero-order chi connectivity index (χ0) is 11.0. The average molecular weight is 224 g/mol. The first-order valence-corrected chi connectivity index (χ1v) is 6.06. The Morgan fingerprint density at radius 1 is 1.67 bits per heavy atom. The molecule has 1 aliphatic rings. The van der Waals surface area contributed by atoms with Gasteiger partial charge in [-0.1, -0.05) is 0 Å². The lowest BCUT2D eigenvalue weighted by Gasteiger charge is -2.11. The van der Waals surface area contributed by atoms with Crippen molar-refractivity contribution in [3.63, 3.8) is 0 Å². The minimum atomic E-state index is 0.0131. The van der Waals surface area contributed by atoms with Gasteiger partial charge >= 0.3 is 0 Å². The van der Waals surface area contributed by atoms with Crippen molar-refractivity contribution < 1.29 is 4.79 Å². The van der Waals surface area contributed by atoms with Crippen LogP contribution in [0.5, 0.6) is 0 Å². The van der Waals surface area contributed by atoms with Crippen LogP contribution in [0.2, 0.25) is 0 Å². The van der Waals surface area contributed by atoms with Crippen LogP contribution in [-0.4, -0.2) is 11.9 Å². The van der Waals surface area contributed by atoms with Crippen molar-refractivity contribution in [1.82, 2.24) is 5.32 Å². The zero-order valence-electron chi connectivity index (χ0n) is 9.04. The summed E-state index contributed by atoms with van der Waals surface area (Å²) in [6.07, 6.45) is 2.49. The quantitative estimate of drug-likeness (QED) is 0.826.